The van der Waals surface area contributed by atoms with Gasteiger partial charge in [-0.1, -0.05) is 119 Å². The Kier molecular flexibility index (Phi) is 18.3. The van der Waals surface area contributed by atoms with E-state index in [2.05, 4.69) is 17.0 Å². The second-order valence-corrected chi connectivity index (χ2v) is 17.7. The summed E-state index contributed by atoms with van der Waals surface area (Å²) in [4.78, 5) is 53.9. The molecule has 5 rings (SSSR count). The molecule has 0 aliphatic heterocycles. The van der Waals surface area contributed by atoms with Gasteiger partial charge in [0, 0.05) is 25.3 Å². The number of esters is 1. The van der Waals surface area contributed by atoms with E-state index in [-0.39, 0.29) is 53.1 Å². The molecule has 0 atom stereocenters. The molecule has 62 heavy (non-hydrogen) atoms. The number of carbonyl (C=O) groups is 2. The molecular formula is C48H59ClN6O6S. The van der Waals surface area contributed by atoms with Crippen LogP contribution in [0.1, 0.15) is 105 Å². The van der Waals surface area contributed by atoms with Crippen molar-refractivity contribution in [2.75, 3.05) is 42.7 Å². The number of nitrogens with zero attached hydrogens (tertiary/aromatic N) is 4. The third kappa shape index (κ3) is 14.1. The number of aromatic nitrogens is 2. The SMILES string of the molecule is CCCCCCCCCCCCOC(=O)c1ccc(Cl)c(NC(=O)C(=Nc2ccc(N(CC)CCNS(C)(=O)=O)cc2C)c2nc3ccccc3c(=O)n2Cc2ccccc2)c1. The Labute approximate surface area is 370 Å². The fourth-order valence-corrected chi connectivity index (χ4v) is 7.78. The van der Waals surface area contributed by atoms with Crippen molar-refractivity contribution in [2.45, 2.75) is 91.5 Å². The van der Waals surface area contributed by atoms with Crippen molar-refractivity contribution >= 4 is 67.2 Å². The minimum Gasteiger partial charge on any atom is -0.462 e. The summed E-state index contributed by atoms with van der Waals surface area (Å²) in [6.07, 6.45) is 12.8. The number of sulfonamides is 1. The van der Waals surface area contributed by atoms with E-state index in [1.54, 1.807) is 36.4 Å². The van der Waals surface area contributed by atoms with Gasteiger partial charge in [-0.15, -0.1) is 0 Å². The zero-order chi connectivity index (χ0) is 44.5. The highest BCUT2D eigenvalue weighted by Crippen LogP contribution is 2.28. The summed E-state index contributed by atoms with van der Waals surface area (Å²) in [5, 5.41) is 3.42. The molecule has 0 radical (unpaired) electrons. The molecule has 330 valence electrons. The van der Waals surface area contributed by atoms with Gasteiger partial charge in [0.25, 0.3) is 11.5 Å². The smallest absolute Gasteiger partial charge is 0.338 e. The topological polar surface area (TPSA) is 152 Å². The van der Waals surface area contributed by atoms with Crippen molar-refractivity contribution in [2.24, 2.45) is 4.99 Å². The lowest BCUT2D eigenvalue weighted by molar-refractivity contribution is -0.110. The first kappa shape index (κ1) is 47.7. The molecule has 14 heteroatoms. The maximum absolute atomic E-state index is 14.7. The number of aliphatic imine (C=N–C) groups is 1. The molecule has 12 nitrogen and oxygen atoms in total. The molecule has 2 N–H and O–H groups in total. The van der Waals surface area contributed by atoms with Gasteiger partial charge >= 0.3 is 5.97 Å². The Morgan fingerprint density at radius 3 is 2.21 bits per heavy atom. The number of amides is 1. The minimum absolute atomic E-state index is 0.0312. The average molecular weight is 884 g/mol. The van der Waals surface area contributed by atoms with Crippen LogP contribution in [0, 0.1) is 6.92 Å². The molecule has 0 aliphatic carbocycles. The third-order valence-corrected chi connectivity index (χ3v) is 11.6. The number of carbonyl (C=O) groups excluding carboxylic acids is 2. The number of para-hydroxylation sites is 1. The van der Waals surface area contributed by atoms with Crippen LogP contribution in [0.4, 0.5) is 17.1 Å². The fraction of sp³-hybridized carbons (Fsp3) is 0.396. The Morgan fingerprint density at radius 2 is 1.53 bits per heavy atom. The average Bonchev–Trinajstić information content (AvgIpc) is 3.25. The summed E-state index contributed by atoms with van der Waals surface area (Å²) in [6.45, 7) is 7.71. The lowest BCUT2D eigenvalue weighted by Gasteiger charge is -2.24. The molecule has 0 saturated carbocycles. The molecule has 1 heterocycles. The Morgan fingerprint density at radius 1 is 0.855 bits per heavy atom. The summed E-state index contributed by atoms with van der Waals surface area (Å²) < 4.78 is 33.0. The Hall–Kier alpha value is -5.37. The largest absolute Gasteiger partial charge is 0.462 e. The molecule has 1 aromatic heterocycles. The van der Waals surface area contributed by atoms with Crippen LogP contribution in [-0.4, -0.2) is 68.1 Å². The lowest BCUT2D eigenvalue weighted by Crippen LogP contribution is -2.34. The van der Waals surface area contributed by atoms with E-state index in [9.17, 15) is 22.8 Å². The van der Waals surface area contributed by atoms with E-state index >= 15 is 0 Å². The van der Waals surface area contributed by atoms with Crippen molar-refractivity contribution < 1.29 is 22.7 Å². The first-order chi connectivity index (χ1) is 29.9. The molecule has 4 aromatic carbocycles. The monoisotopic (exact) mass is 882 g/mol. The molecule has 5 aromatic rings. The Bertz CT molecular complexity index is 2490. The lowest BCUT2D eigenvalue weighted by atomic mass is 10.1. The van der Waals surface area contributed by atoms with Crippen molar-refractivity contribution in [3.63, 3.8) is 0 Å². The van der Waals surface area contributed by atoms with Gasteiger partial charge in [-0.3, -0.25) is 14.2 Å². The highest BCUT2D eigenvalue weighted by atomic mass is 35.5. The zero-order valence-corrected chi connectivity index (χ0v) is 37.9. The minimum atomic E-state index is -3.35. The van der Waals surface area contributed by atoms with E-state index in [0.29, 0.717) is 35.2 Å². The van der Waals surface area contributed by atoms with Crippen LogP contribution in [0.3, 0.4) is 0 Å². The first-order valence-electron chi connectivity index (χ1n) is 21.6. The maximum Gasteiger partial charge on any atom is 0.338 e. The van der Waals surface area contributed by atoms with Crippen molar-refractivity contribution in [3.8, 4) is 0 Å². The van der Waals surface area contributed by atoms with Crippen LogP contribution in [0.25, 0.3) is 10.9 Å². The summed E-state index contributed by atoms with van der Waals surface area (Å²) in [6, 6.07) is 26.4. The van der Waals surface area contributed by atoms with E-state index < -0.39 is 21.9 Å². The van der Waals surface area contributed by atoms with Gasteiger partial charge in [0.1, 0.15) is 0 Å². The fourth-order valence-electron chi connectivity index (χ4n) is 7.15. The van der Waals surface area contributed by atoms with Gasteiger partial charge in [0.05, 0.1) is 52.3 Å². The number of benzene rings is 4. The number of halogens is 1. The van der Waals surface area contributed by atoms with Gasteiger partial charge < -0.3 is 15.0 Å². The molecule has 0 unspecified atom stereocenters. The second-order valence-electron chi connectivity index (χ2n) is 15.5. The Balaban J connectivity index is 1.44. The molecule has 0 bridgehead atoms. The highest BCUT2D eigenvalue weighted by molar-refractivity contribution is 7.88. The van der Waals surface area contributed by atoms with Crippen LogP contribution in [0.5, 0.6) is 0 Å². The second kappa shape index (κ2) is 23.7. The zero-order valence-electron chi connectivity index (χ0n) is 36.3. The van der Waals surface area contributed by atoms with E-state index in [1.165, 1.54) is 61.6 Å². The van der Waals surface area contributed by atoms with Crippen molar-refractivity contribution in [1.82, 2.24) is 14.3 Å². The predicted octanol–water partition coefficient (Wildman–Crippen LogP) is 9.62. The molecule has 1 amide bonds. The highest BCUT2D eigenvalue weighted by Gasteiger charge is 2.25. The molecule has 0 spiro atoms. The van der Waals surface area contributed by atoms with Gasteiger partial charge in [0.15, 0.2) is 11.5 Å². The van der Waals surface area contributed by atoms with Crippen molar-refractivity contribution in [3.05, 3.63) is 129 Å². The van der Waals surface area contributed by atoms with Crippen LogP contribution >= 0.6 is 11.6 Å². The number of anilines is 2. The van der Waals surface area contributed by atoms with Crippen LogP contribution in [0.2, 0.25) is 5.02 Å². The standard InChI is InChI=1S/C48H59ClN6O6S/c1-5-7-8-9-10-11-12-13-14-20-31-61-48(58)37-25-27-40(49)43(33-37)53-46(56)44(51-41-28-26-38(32-35(41)3)54(6-2)30-29-50-62(4,59)60)45-52-42-24-19-18-23-39(42)47(57)55(45)34-36-21-16-15-17-22-36/h15-19,21-28,32-33,50H,5-14,20,29-31,34H2,1-4H3,(H,53,56). The van der Waals surface area contributed by atoms with Gasteiger partial charge in [-0.2, -0.15) is 0 Å². The van der Waals surface area contributed by atoms with E-state index in [1.807, 2.05) is 61.2 Å². The number of aryl methyl sites for hydroxylation is 1. The number of likely N-dealkylation sites (N-methyl/N-ethyl adjacent to an activating group) is 1. The number of hydrogen-bond donors (Lipinski definition) is 2. The van der Waals surface area contributed by atoms with E-state index in [0.717, 1.165) is 36.8 Å². The normalized spacial score (nSPS) is 11.8. The number of hydrogen-bond acceptors (Lipinski definition) is 9. The summed E-state index contributed by atoms with van der Waals surface area (Å²) >= 11 is 6.65. The predicted molar refractivity (Wildman–Crippen MR) is 252 cm³/mol. The van der Waals surface area contributed by atoms with E-state index in [4.69, 9.17) is 26.3 Å². The number of ether oxygens (including phenoxy) is 1. The van der Waals surface area contributed by atoms with Gasteiger partial charge in [0.2, 0.25) is 10.0 Å². The number of nitrogens with one attached hydrogen (secondary N) is 2. The third-order valence-electron chi connectivity index (χ3n) is 10.6. The summed E-state index contributed by atoms with van der Waals surface area (Å²) in [7, 11) is -3.35. The van der Waals surface area contributed by atoms with Crippen LogP contribution < -0.4 is 20.5 Å². The van der Waals surface area contributed by atoms with Gasteiger partial charge in [-0.25, -0.2) is 27.9 Å². The number of fused-ring (bicyclic) bond motifs is 1. The molecule has 0 saturated heterocycles. The number of unbranched alkanes of at least 4 members (excludes halogenated alkanes) is 9. The quantitative estimate of drug-likeness (QED) is 0.0353. The molecular weight excluding hydrogens is 824 g/mol. The summed E-state index contributed by atoms with van der Waals surface area (Å²) in [5.74, 6) is -1.21. The first-order valence-corrected chi connectivity index (χ1v) is 23.9. The van der Waals surface area contributed by atoms with Crippen LogP contribution in [0.15, 0.2) is 101 Å². The maximum atomic E-state index is 14.7. The van der Waals surface area contributed by atoms with Crippen LogP contribution in [-0.2, 0) is 26.1 Å². The van der Waals surface area contributed by atoms with Gasteiger partial charge in [-0.05, 0) is 79.9 Å². The molecule has 0 aliphatic rings. The van der Waals surface area contributed by atoms with Crippen molar-refractivity contribution in [1.29, 1.82) is 0 Å². The number of rotatable bonds is 24. The molecule has 0 fully saturated rings. The summed E-state index contributed by atoms with van der Waals surface area (Å²) in [5.41, 5.74) is 3.05.